The predicted octanol–water partition coefficient (Wildman–Crippen LogP) is 3.52. The third-order valence-corrected chi connectivity index (χ3v) is 7.64. The summed E-state index contributed by atoms with van der Waals surface area (Å²) in [7, 11) is -3.51. The molecule has 0 unspecified atom stereocenters. The van der Waals surface area contributed by atoms with E-state index in [0.717, 1.165) is 15.7 Å². The van der Waals surface area contributed by atoms with Crippen molar-refractivity contribution < 1.29 is 13.2 Å². The largest absolute Gasteiger partial charge is 0.324 e. The summed E-state index contributed by atoms with van der Waals surface area (Å²) in [6.45, 7) is 6.18. The molecule has 1 amide bonds. The molecule has 2 aromatic rings. The second kappa shape index (κ2) is 9.38. The van der Waals surface area contributed by atoms with Crippen LogP contribution in [-0.2, 0) is 14.8 Å². The van der Waals surface area contributed by atoms with Crippen LogP contribution in [0.5, 0.6) is 0 Å². The zero-order valence-corrected chi connectivity index (χ0v) is 19.0. The van der Waals surface area contributed by atoms with E-state index in [0.29, 0.717) is 37.0 Å². The number of hydrogen-bond acceptors (Lipinski definition) is 4. The topological polar surface area (TPSA) is 69.7 Å². The van der Waals surface area contributed by atoms with E-state index in [4.69, 9.17) is 0 Å². The number of rotatable bonds is 6. The molecule has 0 saturated carbocycles. The van der Waals surface area contributed by atoms with Gasteiger partial charge in [-0.3, -0.25) is 9.69 Å². The number of anilines is 1. The van der Waals surface area contributed by atoms with Crippen molar-refractivity contribution in [2.24, 2.45) is 0 Å². The lowest BCUT2D eigenvalue weighted by atomic mass is 10.0. The lowest BCUT2D eigenvalue weighted by Gasteiger charge is -2.33. The highest BCUT2D eigenvalue weighted by Gasteiger charge is 2.29. The molecule has 29 heavy (non-hydrogen) atoms. The first-order valence-corrected chi connectivity index (χ1v) is 11.9. The molecule has 6 nitrogen and oxygen atoms in total. The molecule has 1 saturated heterocycles. The number of nitrogens with one attached hydrogen (secondary N) is 1. The summed E-state index contributed by atoms with van der Waals surface area (Å²) in [6, 6.07) is 14.6. The molecule has 0 atom stereocenters. The van der Waals surface area contributed by atoms with E-state index >= 15 is 0 Å². The van der Waals surface area contributed by atoms with Gasteiger partial charge in [0.15, 0.2) is 0 Å². The number of carbonyl (C=O) groups is 1. The van der Waals surface area contributed by atoms with Crippen LogP contribution in [0.25, 0.3) is 0 Å². The number of hydrogen-bond donors (Lipinski definition) is 1. The highest BCUT2D eigenvalue weighted by molar-refractivity contribution is 9.10. The van der Waals surface area contributed by atoms with Crippen LogP contribution >= 0.6 is 15.9 Å². The molecule has 0 aliphatic carbocycles. The summed E-state index contributed by atoms with van der Waals surface area (Å²) >= 11 is 3.41. The van der Waals surface area contributed by atoms with Crippen LogP contribution in [0.4, 0.5) is 5.69 Å². The van der Waals surface area contributed by atoms with Crippen molar-refractivity contribution >= 4 is 37.5 Å². The lowest BCUT2D eigenvalue weighted by molar-refractivity contribution is -0.117. The van der Waals surface area contributed by atoms with E-state index < -0.39 is 10.0 Å². The number of nitrogens with zero attached hydrogens (tertiary/aromatic N) is 2. The van der Waals surface area contributed by atoms with Crippen LogP contribution in [0.3, 0.4) is 0 Å². The number of carbonyl (C=O) groups excluding carboxylic acids is 1. The Morgan fingerprint density at radius 3 is 2.24 bits per heavy atom. The van der Waals surface area contributed by atoms with E-state index in [1.165, 1.54) is 4.31 Å². The molecule has 0 spiro atoms. The van der Waals surface area contributed by atoms with Gasteiger partial charge < -0.3 is 5.32 Å². The number of piperazine rings is 1. The number of halogens is 1. The van der Waals surface area contributed by atoms with E-state index in [9.17, 15) is 13.2 Å². The summed E-state index contributed by atoms with van der Waals surface area (Å²) in [4.78, 5) is 14.6. The van der Waals surface area contributed by atoms with Gasteiger partial charge >= 0.3 is 0 Å². The summed E-state index contributed by atoms with van der Waals surface area (Å²) in [6.07, 6.45) is 0. The average molecular weight is 480 g/mol. The van der Waals surface area contributed by atoms with Crippen molar-refractivity contribution in [3.05, 3.63) is 58.6 Å². The monoisotopic (exact) mass is 479 g/mol. The summed E-state index contributed by atoms with van der Waals surface area (Å²) < 4.78 is 28.1. The lowest BCUT2D eigenvalue weighted by Crippen LogP contribution is -2.50. The maximum atomic E-state index is 12.9. The van der Waals surface area contributed by atoms with Gasteiger partial charge in [-0.05, 0) is 51.7 Å². The van der Waals surface area contributed by atoms with E-state index in [2.05, 4.69) is 35.1 Å². The Labute approximate surface area is 181 Å². The van der Waals surface area contributed by atoms with E-state index in [-0.39, 0.29) is 12.5 Å². The minimum Gasteiger partial charge on any atom is -0.324 e. The Morgan fingerprint density at radius 1 is 1.03 bits per heavy atom. The normalized spacial score (nSPS) is 16.1. The van der Waals surface area contributed by atoms with Gasteiger partial charge in [-0.25, -0.2) is 8.42 Å². The van der Waals surface area contributed by atoms with Crippen molar-refractivity contribution in [3.8, 4) is 0 Å². The molecular weight excluding hydrogens is 454 g/mol. The fourth-order valence-corrected chi connectivity index (χ4v) is 5.06. The van der Waals surface area contributed by atoms with Crippen LogP contribution in [0.2, 0.25) is 0 Å². The quantitative estimate of drug-likeness (QED) is 0.687. The van der Waals surface area contributed by atoms with Crippen molar-refractivity contribution in [1.29, 1.82) is 0 Å². The van der Waals surface area contributed by atoms with Crippen LogP contribution in [-0.4, -0.2) is 56.3 Å². The third kappa shape index (κ3) is 5.45. The fourth-order valence-electron chi connectivity index (χ4n) is 3.26. The summed E-state index contributed by atoms with van der Waals surface area (Å²) in [5.74, 6) is 0.246. The first-order chi connectivity index (χ1) is 13.8. The molecule has 1 aliphatic rings. The molecule has 2 aromatic carbocycles. The number of amides is 1. The second-order valence-electron chi connectivity index (χ2n) is 7.43. The Morgan fingerprint density at radius 2 is 1.66 bits per heavy atom. The van der Waals surface area contributed by atoms with Gasteiger partial charge in [0.05, 0.1) is 17.1 Å². The Balaban J connectivity index is 1.55. The maximum Gasteiger partial charge on any atom is 0.243 e. The van der Waals surface area contributed by atoms with Crippen molar-refractivity contribution in [2.75, 3.05) is 38.0 Å². The average Bonchev–Trinajstić information content (AvgIpc) is 2.70. The zero-order valence-electron chi connectivity index (χ0n) is 16.6. The first-order valence-electron chi connectivity index (χ1n) is 9.64. The smallest absolute Gasteiger partial charge is 0.243 e. The van der Waals surface area contributed by atoms with Gasteiger partial charge in [-0.15, -0.1) is 0 Å². The van der Waals surface area contributed by atoms with Crippen LogP contribution < -0.4 is 5.32 Å². The Bertz CT molecular complexity index is 953. The SMILES string of the molecule is CC(C)c1ccc(S(=O)(=O)N2CCN(CC(=O)Nc3ccccc3Br)CC2)cc1. The Hall–Kier alpha value is -1.74. The third-order valence-electron chi connectivity index (χ3n) is 5.03. The molecule has 0 radical (unpaired) electrons. The summed E-state index contributed by atoms with van der Waals surface area (Å²) in [5.41, 5.74) is 1.84. The minimum absolute atomic E-state index is 0.113. The van der Waals surface area contributed by atoms with Crippen molar-refractivity contribution in [2.45, 2.75) is 24.7 Å². The maximum absolute atomic E-state index is 12.9. The molecule has 8 heteroatoms. The predicted molar refractivity (Wildman–Crippen MR) is 119 cm³/mol. The van der Waals surface area contributed by atoms with Gasteiger partial charge in [-0.2, -0.15) is 4.31 Å². The van der Waals surface area contributed by atoms with Crippen LogP contribution in [0.15, 0.2) is 57.9 Å². The number of para-hydroxylation sites is 1. The second-order valence-corrected chi connectivity index (χ2v) is 10.2. The highest BCUT2D eigenvalue weighted by Crippen LogP contribution is 2.22. The number of benzene rings is 2. The van der Waals surface area contributed by atoms with Gasteiger partial charge in [-0.1, -0.05) is 38.1 Å². The first kappa shape index (κ1) is 22.0. The number of sulfonamides is 1. The van der Waals surface area contributed by atoms with Crippen molar-refractivity contribution in [3.63, 3.8) is 0 Å². The standard InChI is InChI=1S/C21H26BrN3O3S/c1-16(2)17-7-9-18(10-8-17)29(27,28)25-13-11-24(12-14-25)15-21(26)23-20-6-4-3-5-19(20)22/h3-10,16H,11-15H2,1-2H3,(H,23,26). The van der Waals surface area contributed by atoms with E-state index in [1.807, 2.05) is 41.3 Å². The molecule has 156 valence electrons. The molecule has 0 bridgehead atoms. The molecule has 1 fully saturated rings. The molecular formula is C21H26BrN3O3S. The van der Waals surface area contributed by atoms with Gasteiger partial charge in [0.2, 0.25) is 15.9 Å². The molecule has 3 rings (SSSR count). The van der Waals surface area contributed by atoms with Gasteiger partial charge in [0, 0.05) is 30.7 Å². The van der Waals surface area contributed by atoms with Crippen molar-refractivity contribution in [1.82, 2.24) is 9.21 Å². The molecule has 0 aromatic heterocycles. The molecule has 1 aliphatic heterocycles. The Kier molecular flexibility index (Phi) is 7.10. The fraction of sp³-hybridized carbons (Fsp3) is 0.381. The van der Waals surface area contributed by atoms with Crippen LogP contribution in [0.1, 0.15) is 25.3 Å². The zero-order chi connectivity index (χ0) is 21.0. The van der Waals surface area contributed by atoms with Gasteiger partial charge in [0.25, 0.3) is 0 Å². The minimum atomic E-state index is -3.51. The van der Waals surface area contributed by atoms with Gasteiger partial charge in [0.1, 0.15) is 0 Å². The highest BCUT2D eigenvalue weighted by atomic mass is 79.9. The summed E-state index contributed by atoms with van der Waals surface area (Å²) in [5, 5.41) is 2.88. The molecule has 1 N–H and O–H groups in total. The van der Waals surface area contributed by atoms with Crippen LogP contribution in [0, 0.1) is 0 Å². The van der Waals surface area contributed by atoms with E-state index in [1.54, 1.807) is 12.1 Å². The molecule has 1 heterocycles.